The Morgan fingerprint density at radius 2 is 2.11 bits per heavy atom. The van der Waals surface area contributed by atoms with Crippen molar-refractivity contribution in [3.05, 3.63) is 46.9 Å². The van der Waals surface area contributed by atoms with Crippen molar-refractivity contribution in [2.75, 3.05) is 5.43 Å². The van der Waals surface area contributed by atoms with Crippen LogP contribution < -0.4 is 5.43 Å². The molecule has 0 radical (unpaired) electrons. The van der Waals surface area contributed by atoms with Crippen LogP contribution in [0, 0.1) is 11.3 Å². The first kappa shape index (κ1) is 18.0. The second kappa shape index (κ2) is 7.35. The molecule has 0 spiro atoms. The van der Waals surface area contributed by atoms with Gasteiger partial charge in [0, 0.05) is 17.3 Å². The molecule has 3 aromatic heterocycles. The van der Waals surface area contributed by atoms with Gasteiger partial charge in [0.05, 0.1) is 11.6 Å². The largest absolute Gasteiger partial charge is 0.265 e. The Bertz CT molecular complexity index is 961. The number of nitrogens with one attached hydrogen (secondary N) is 1. The number of aryl methyl sites for hydroxylation is 1. The first-order valence-electron chi connectivity index (χ1n) is 9.53. The molecule has 0 saturated heterocycles. The number of hydrazone groups is 1. The monoisotopic (exact) mass is 379 g/mol. The van der Waals surface area contributed by atoms with E-state index < -0.39 is 0 Å². The minimum absolute atomic E-state index is 0.356. The molecule has 1 atom stereocenters. The maximum Gasteiger partial charge on any atom is 0.158 e. The van der Waals surface area contributed by atoms with Crippen LogP contribution in [0.4, 0.5) is 5.82 Å². The van der Waals surface area contributed by atoms with Gasteiger partial charge in [0.2, 0.25) is 0 Å². The van der Waals surface area contributed by atoms with E-state index in [0.717, 1.165) is 34.4 Å². The van der Waals surface area contributed by atoms with Crippen molar-refractivity contribution in [2.24, 2.45) is 16.4 Å². The summed E-state index contributed by atoms with van der Waals surface area (Å²) in [6.07, 6.45) is 11.6. The lowest BCUT2D eigenvalue weighted by Gasteiger charge is -2.36. The van der Waals surface area contributed by atoms with Crippen LogP contribution in [0.1, 0.15) is 49.6 Å². The van der Waals surface area contributed by atoms with Gasteiger partial charge in [-0.15, -0.1) is 11.3 Å². The average Bonchev–Trinajstić information content (AvgIpc) is 3.07. The van der Waals surface area contributed by atoms with Gasteiger partial charge in [-0.1, -0.05) is 27.2 Å². The van der Waals surface area contributed by atoms with Crippen LogP contribution in [0.25, 0.3) is 10.2 Å². The molecular weight excluding hydrogens is 354 g/mol. The summed E-state index contributed by atoms with van der Waals surface area (Å²) in [6.45, 7) is 7.09. The van der Waals surface area contributed by atoms with E-state index in [-0.39, 0.29) is 0 Å². The molecule has 5 nitrogen and oxygen atoms in total. The lowest BCUT2D eigenvalue weighted by molar-refractivity contribution is 0.184. The topological polar surface area (TPSA) is 63.1 Å². The lowest BCUT2D eigenvalue weighted by atomic mass is 9.69. The summed E-state index contributed by atoms with van der Waals surface area (Å²) in [4.78, 5) is 15.6. The number of pyridine rings is 1. The molecule has 1 aliphatic rings. The number of anilines is 1. The van der Waals surface area contributed by atoms with Gasteiger partial charge < -0.3 is 0 Å². The molecule has 6 heteroatoms. The first-order valence-corrected chi connectivity index (χ1v) is 10.3. The van der Waals surface area contributed by atoms with Gasteiger partial charge >= 0.3 is 0 Å². The molecule has 1 unspecified atom stereocenters. The Labute approximate surface area is 164 Å². The zero-order valence-corrected chi connectivity index (χ0v) is 16.9. The molecule has 0 fully saturated rings. The first-order chi connectivity index (χ1) is 13.1. The fourth-order valence-electron chi connectivity index (χ4n) is 3.77. The van der Waals surface area contributed by atoms with Crippen molar-refractivity contribution in [1.29, 1.82) is 0 Å². The molecule has 0 bridgehead atoms. The van der Waals surface area contributed by atoms with Crippen molar-refractivity contribution in [1.82, 2.24) is 15.0 Å². The number of nitrogens with zero attached hydrogens (tertiary/aromatic N) is 4. The third-order valence-corrected chi connectivity index (χ3v) is 7.15. The quantitative estimate of drug-likeness (QED) is 0.496. The number of hydrogen-bond acceptors (Lipinski definition) is 6. The molecule has 0 saturated carbocycles. The van der Waals surface area contributed by atoms with Crippen molar-refractivity contribution < 1.29 is 0 Å². The van der Waals surface area contributed by atoms with Crippen LogP contribution >= 0.6 is 11.3 Å². The summed E-state index contributed by atoms with van der Waals surface area (Å²) >= 11 is 1.81. The van der Waals surface area contributed by atoms with Crippen molar-refractivity contribution >= 4 is 33.6 Å². The van der Waals surface area contributed by atoms with Crippen LogP contribution in [0.2, 0.25) is 0 Å². The van der Waals surface area contributed by atoms with E-state index in [2.05, 4.69) is 46.3 Å². The molecule has 27 heavy (non-hydrogen) atoms. The van der Waals surface area contributed by atoms with Crippen molar-refractivity contribution in [2.45, 2.75) is 46.5 Å². The van der Waals surface area contributed by atoms with Gasteiger partial charge in [-0.2, -0.15) is 5.10 Å². The van der Waals surface area contributed by atoms with E-state index in [1.54, 1.807) is 24.9 Å². The summed E-state index contributed by atoms with van der Waals surface area (Å²) in [5.41, 5.74) is 5.93. The molecule has 3 aromatic rings. The van der Waals surface area contributed by atoms with Gasteiger partial charge in [-0.3, -0.25) is 10.4 Å². The normalized spacial score (nSPS) is 17.4. The summed E-state index contributed by atoms with van der Waals surface area (Å²) < 4.78 is 0. The molecule has 1 aliphatic carbocycles. The van der Waals surface area contributed by atoms with Crippen LogP contribution in [-0.2, 0) is 12.8 Å². The van der Waals surface area contributed by atoms with Crippen LogP contribution in [0.5, 0.6) is 0 Å². The van der Waals surface area contributed by atoms with E-state index >= 15 is 0 Å². The Balaban J connectivity index is 1.65. The molecule has 4 rings (SSSR count). The van der Waals surface area contributed by atoms with Gasteiger partial charge in [0.1, 0.15) is 11.2 Å². The second-order valence-electron chi connectivity index (χ2n) is 7.84. The summed E-state index contributed by atoms with van der Waals surface area (Å²) in [5, 5.41) is 5.54. The average molecular weight is 380 g/mol. The Hall–Kier alpha value is -2.34. The molecule has 1 N–H and O–H groups in total. The zero-order chi connectivity index (χ0) is 18.9. The zero-order valence-electron chi connectivity index (χ0n) is 16.1. The highest BCUT2D eigenvalue weighted by Gasteiger charge is 2.33. The number of aromatic nitrogens is 3. The van der Waals surface area contributed by atoms with Gasteiger partial charge in [0.15, 0.2) is 5.82 Å². The number of fused-ring (bicyclic) bond motifs is 3. The van der Waals surface area contributed by atoms with E-state index in [0.29, 0.717) is 11.3 Å². The van der Waals surface area contributed by atoms with E-state index in [1.807, 2.05) is 23.5 Å². The van der Waals surface area contributed by atoms with Crippen LogP contribution in [0.3, 0.4) is 0 Å². The summed E-state index contributed by atoms with van der Waals surface area (Å²) in [6, 6.07) is 3.84. The maximum atomic E-state index is 4.53. The van der Waals surface area contributed by atoms with E-state index in [1.165, 1.54) is 23.3 Å². The predicted molar refractivity (Wildman–Crippen MR) is 112 cm³/mol. The minimum Gasteiger partial charge on any atom is -0.265 e. The fraction of sp³-hybridized carbons (Fsp3) is 0.429. The SMILES string of the molecule is CCC(C)(C)C1CCc2sc3ncnc(NN=Cc4ccncc4)c3c2C1. The number of thiophene rings is 1. The third kappa shape index (κ3) is 3.58. The summed E-state index contributed by atoms with van der Waals surface area (Å²) in [7, 11) is 0. The molecule has 140 valence electrons. The highest BCUT2D eigenvalue weighted by molar-refractivity contribution is 7.19. The lowest BCUT2D eigenvalue weighted by Crippen LogP contribution is -2.28. The van der Waals surface area contributed by atoms with Crippen molar-refractivity contribution in [3.8, 4) is 0 Å². The van der Waals surface area contributed by atoms with E-state index in [9.17, 15) is 0 Å². The highest BCUT2D eigenvalue weighted by atomic mass is 32.1. The highest BCUT2D eigenvalue weighted by Crippen LogP contribution is 2.45. The Morgan fingerprint density at radius 1 is 1.30 bits per heavy atom. The molecular formula is C21H25N5S. The third-order valence-electron chi connectivity index (χ3n) is 5.95. The standard InChI is InChI=1S/C21H25N5S/c1-4-21(2,3)15-5-6-17-16(11-15)18-19(23-13-24-20(18)27-17)26-25-12-14-7-9-22-10-8-14/h7-10,12-13,15H,4-6,11H2,1-3H3,(H,23,24,26). The fourth-order valence-corrected chi connectivity index (χ4v) is 4.95. The van der Waals surface area contributed by atoms with Crippen LogP contribution in [0.15, 0.2) is 36.0 Å². The maximum absolute atomic E-state index is 4.53. The van der Waals surface area contributed by atoms with E-state index in [4.69, 9.17) is 0 Å². The second-order valence-corrected chi connectivity index (χ2v) is 8.92. The van der Waals surface area contributed by atoms with Gasteiger partial charge in [0.25, 0.3) is 0 Å². The summed E-state index contributed by atoms with van der Waals surface area (Å²) in [5.74, 6) is 1.50. The molecule has 0 aromatic carbocycles. The minimum atomic E-state index is 0.356. The predicted octanol–water partition coefficient (Wildman–Crippen LogP) is 5.07. The smallest absolute Gasteiger partial charge is 0.158 e. The number of rotatable bonds is 5. The molecule has 0 aliphatic heterocycles. The molecule has 0 amide bonds. The molecule has 3 heterocycles. The van der Waals surface area contributed by atoms with Gasteiger partial charge in [-0.05, 0) is 53.9 Å². The Morgan fingerprint density at radius 3 is 2.89 bits per heavy atom. The number of hydrogen-bond donors (Lipinski definition) is 1. The van der Waals surface area contributed by atoms with Crippen molar-refractivity contribution in [3.63, 3.8) is 0 Å². The van der Waals surface area contributed by atoms with Crippen LogP contribution in [-0.4, -0.2) is 21.2 Å². The Kier molecular flexibility index (Phi) is 4.91. The van der Waals surface area contributed by atoms with Gasteiger partial charge in [-0.25, -0.2) is 9.97 Å².